The van der Waals surface area contributed by atoms with Crippen molar-refractivity contribution in [3.8, 4) is 0 Å². The number of anilines is 1. The summed E-state index contributed by atoms with van der Waals surface area (Å²) in [5.41, 5.74) is -0.0594. The molecule has 0 aliphatic carbocycles. The average Bonchev–Trinajstić information content (AvgIpc) is 2.28. The van der Waals surface area contributed by atoms with Gasteiger partial charge in [-0.05, 0) is 19.1 Å². The summed E-state index contributed by atoms with van der Waals surface area (Å²) in [4.78, 5) is 3.62. The van der Waals surface area contributed by atoms with Crippen molar-refractivity contribution < 1.29 is 13.2 Å². The van der Waals surface area contributed by atoms with Crippen molar-refractivity contribution >= 4 is 16.6 Å². The molecule has 0 fully saturated rings. The number of benzene rings is 1. The molecule has 1 N–H and O–H groups in total. The van der Waals surface area contributed by atoms with Crippen LogP contribution in [0.4, 0.5) is 18.9 Å². The lowest BCUT2D eigenvalue weighted by atomic mass is 10.1. The molecule has 0 atom stereocenters. The van der Waals surface area contributed by atoms with Crippen molar-refractivity contribution in [3.63, 3.8) is 0 Å². The van der Waals surface area contributed by atoms with Crippen LogP contribution in [-0.2, 0) is 6.18 Å². The third-order valence-electron chi connectivity index (χ3n) is 2.37. The lowest BCUT2D eigenvalue weighted by Crippen LogP contribution is -2.09. The van der Waals surface area contributed by atoms with Gasteiger partial charge in [0.05, 0.1) is 5.52 Å². The predicted molar refractivity (Wildman–Crippen MR) is 60.9 cm³/mol. The molecule has 0 saturated carbocycles. The molecule has 17 heavy (non-hydrogen) atoms. The molecule has 0 radical (unpaired) electrons. The fraction of sp³-hybridized carbons (Fsp3) is 0.250. The molecule has 5 heteroatoms. The quantitative estimate of drug-likeness (QED) is 0.866. The number of para-hydroxylation sites is 1. The molecule has 90 valence electrons. The van der Waals surface area contributed by atoms with Gasteiger partial charge in [-0.1, -0.05) is 18.2 Å². The SMILES string of the molecule is CCNc1cc(C(F)(F)F)nc2ccccc12. The van der Waals surface area contributed by atoms with Crippen LogP contribution in [-0.4, -0.2) is 11.5 Å². The molecule has 0 saturated heterocycles. The van der Waals surface area contributed by atoms with Gasteiger partial charge in [0.1, 0.15) is 5.69 Å². The van der Waals surface area contributed by atoms with Gasteiger partial charge in [0, 0.05) is 17.6 Å². The van der Waals surface area contributed by atoms with Gasteiger partial charge in [-0.15, -0.1) is 0 Å². The Morgan fingerprint density at radius 3 is 2.59 bits per heavy atom. The van der Waals surface area contributed by atoms with E-state index < -0.39 is 11.9 Å². The number of rotatable bonds is 2. The summed E-state index contributed by atoms with van der Waals surface area (Å²) in [7, 11) is 0. The summed E-state index contributed by atoms with van der Waals surface area (Å²) in [6.07, 6.45) is -4.42. The van der Waals surface area contributed by atoms with E-state index in [1.807, 2.05) is 6.92 Å². The van der Waals surface area contributed by atoms with Crippen molar-refractivity contribution in [1.29, 1.82) is 0 Å². The number of pyridine rings is 1. The Balaban J connectivity index is 2.67. The standard InChI is InChI=1S/C12H11F3N2/c1-2-16-10-7-11(12(13,14)15)17-9-6-4-3-5-8(9)10/h3-7H,2H2,1H3,(H,16,17). The average molecular weight is 240 g/mol. The van der Waals surface area contributed by atoms with Crippen molar-refractivity contribution in [2.75, 3.05) is 11.9 Å². The van der Waals surface area contributed by atoms with Crippen molar-refractivity contribution in [2.24, 2.45) is 0 Å². The van der Waals surface area contributed by atoms with Crippen LogP contribution in [0.25, 0.3) is 10.9 Å². The van der Waals surface area contributed by atoms with Crippen molar-refractivity contribution in [2.45, 2.75) is 13.1 Å². The minimum absolute atomic E-state index is 0.346. The largest absolute Gasteiger partial charge is 0.433 e. The molecule has 1 aromatic heterocycles. The van der Waals surface area contributed by atoms with Crippen LogP contribution in [0.15, 0.2) is 30.3 Å². The summed E-state index contributed by atoms with van der Waals surface area (Å²) in [5.74, 6) is 0. The maximum absolute atomic E-state index is 12.6. The van der Waals surface area contributed by atoms with Crippen LogP contribution in [0.3, 0.4) is 0 Å². The second-order valence-corrected chi connectivity index (χ2v) is 3.60. The summed E-state index contributed by atoms with van der Waals surface area (Å²) in [6, 6.07) is 7.82. The van der Waals surface area contributed by atoms with Gasteiger partial charge in [0.25, 0.3) is 0 Å². The minimum atomic E-state index is -4.42. The van der Waals surface area contributed by atoms with Crippen LogP contribution in [0.1, 0.15) is 12.6 Å². The van der Waals surface area contributed by atoms with Crippen molar-refractivity contribution in [1.82, 2.24) is 4.98 Å². The summed E-state index contributed by atoms with van der Waals surface area (Å²) >= 11 is 0. The monoisotopic (exact) mass is 240 g/mol. The lowest BCUT2D eigenvalue weighted by Gasteiger charge is -2.12. The first kappa shape index (κ1) is 11.7. The van der Waals surface area contributed by atoms with Gasteiger partial charge in [0.15, 0.2) is 0 Å². The number of alkyl halides is 3. The van der Waals surface area contributed by atoms with Gasteiger partial charge < -0.3 is 5.32 Å². The van der Waals surface area contributed by atoms with E-state index in [4.69, 9.17) is 0 Å². The summed E-state index contributed by atoms with van der Waals surface area (Å²) in [5, 5.41) is 3.62. The first-order chi connectivity index (χ1) is 8.02. The highest BCUT2D eigenvalue weighted by atomic mass is 19.4. The Hall–Kier alpha value is -1.78. The molecule has 2 aromatic rings. The molecule has 0 unspecified atom stereocenters. The highest BCUT2D eigenvalue weighted by Crippen LogP contribution is 2.32. The maximum Gasteiger partial charge on any atom is 0.433 e. The first-order valence-electron chi connectivity index (χ1n) is 5.23. The molecule has 2 rings (SSSR count). The van der Waals surface area contributed by atoms with Crippen LogP contribution in [0.5, 0.6) is 0 Å². The normalized spacial score (nSPS) is 11.8. The van der Waals surface area contributed by atoms with E-state index in [9.17, 15) is 13.2 Å². The fourth-order valence-electron chi connectivity index (χ4n) is 1.66. The van der Waals surface area contributed by atoms with Crippen molar-refractivity contribution in [3.05, 3.63) is 36.0 Å². The predicted octanol–water partition coefficient (Wildman–Crippen LogP) is 3.69. The zero-order valence-electron chi connectivity index (χ0n) is 9.17. The summed E-state index contributed by atoms with van der Waals surface area (Å²) < 4.78 is 37.9. The molecule has 1 aromatic carbocycles. The Bertz CT molecular complexity index is 535. The molecule has 0 aliphatic rings. The molecule has 1 heterocycles. The Kier molecular flexibility index (Phi) is 2.92. The zero-order valence-corrected chi connectivity index (χ0v) is 9.17. The van der Waals surface area contributed by atoms with Gasteiger partial charge >= 0.3 is 6.18 Å². The van der Waals surface area contributed by atoms with Crippen LogP contribution in [0, 0.1) is 0 Å². The molecular weight excluding hydrogens is 229 g/mol. The topological polar surface area (TPSA) is 24.9 Å². The van der Waals surface area contributed by atoms with Crippen LogP contribution in [0.2, 0.25) is 0 Å². The summed E-state index contributed by atoms with van der Waals surface area (Å²) in [6.45, 7) is 2.40. The number of nitrogens with one attached hydrogen (secondary N) is 1. The molecular formula is C12H11F3N2. The zero-order chi connectivity index (χ0) is 12.5. The van der Waals surface area contributed by atoms with E-state index >= 15 is 0 Å². The Labute approximate surface area is 96.5 Å². The number of nitrogens with zero attached hydrogens (tertiary/aromatic N) is 1. The number of hydrogen-bond acceptors (Lipinski definition) is 2. The number of fused-ring (bicyclic) bond motifs is 1. The van der Waals surface area contributed by atoms with E-state index in [1.54, 1.807) is 24.3 Å². The van der Waals surface area contributed by atoms with Gasteiger partial charge in [-0.25, -0.2) is 4.98 Å². The molecule has 0 bridgehead atoms. The fourth-order valence-corrected chi connectivity index (χ4v) is 1.66. The number of halogens is 3. The highest BCUT2D eigenvalue weighted by Gasteiger charge is 2.33. The molecule has 2 nitrogen and oxygen atoms in total. The minimum Gasteiger partial charge on any atom is -0.385 e. The third-order valence-corrected chi connectivity index (χ3v) is 2.37. The van der Waals surface area contributed by atoms with Gasteiger partial charge in [-0.3, -0.25) is 0 Å². The number of aromatic nitrogens is 1. The van der Waals surface area contributed by atoms with E-state index in [1.165, 1.54) is 0 Å². The van der Waals surface area contributed by atoms with E-state index in [-0.39, 0.29) is 0 Å². The second-order valence-electron chi connectivity index (χ2n) is 3.60. The third kappa shape index (κ3) is 2.33. The van der Waals surface area contributed by atoms with Crippen LogP contribution < -0.4 is 5.32 Å². The molecule has 0 aliphatic heterocycles. The molecule has 0 spiro atoms. The van der Waals surface area contributed by atoms with E-state index in [2.05, 4.69) is 10.3 Å². The Morgan fingerprint density at radius 2 is 1.94 bits per heavy atom. The second kappa shape index (κ2) is 4.24. The van der Waals surface area contributed by atoms with Crippen LogP contribution >= 0.6 is 0 Å². The smallest absolute Gasteiger partial charge is 0.385 e. The Morgan fingerprint density at radius 1 is 1.24 bits per heavy atom. The highest BCUT2D eigenvalue weighted by molar-refractivity contribution is 5.91. The lowest BCUT2D eigenvalue weighted by molar-refractivity contribution is -0.140. The maximum atomic E-state index is 12.6. The van der Waals surface area contributed by atoms with Gasteiger partial charge in [0.2, 0.25) is 0 Å². The molecule has 0 amide bonds. The van der Waals surface area contributed by atoms with Gasteiger partial charge in [-0.2, -0.15) is 13.2 Å². The number of hydrogen-bond donors (Lipinski definition) is 1. The van der Waals surface area contributed by atoms with E-state index in [0.717, 1.165) is 6.07 Å². The first-order valence-corrected chi connectivity index (χ1v) is 5.23. The van der Waals surface area contributed by atoms with E-state index in [0.29, 0.717) is 23.1 Å².